The molecule has 1 heterocycles. The maximum Gasteiger partial charge on any atom is 0.311 e. The van der Waals surface area contributed by atoms with Crippen molar-refractivity contribution >= 4 is 17.7 Å². The quantitative estimate of drug-likeness (QED) is 0.309. The van der Waals surface area contributed by atoms with Crippen LogP contribution in [0.2, 0.25) is 0 Å². The molecule has 1 aliphatic carbocycles. The number of carboxylic acid groups (broad SMARTS) is 1. The second-order valence-electron chi connectivity index (χ2n) is 4.09. The molecule has 0 aromatic carbocycles. The van der Waals surface area contributed by atoms with Crippen LogP contribution < -0.4 is 11.3 Å². The molecule has 0 aliphatic heterocycles. The number of aromatic nitrogens is 1. The molecule has 2 rings (SSSR count). The zero-order chi connectivity index (χ0) is 15.1. The summed E-state index contributed by atoms with van der Waals surface area (Å²) in [5.41, 5.74) is 2.72. The summed E-state index contributed by atoms with van der Waals surface area (Å²) in [6.07, 6.45) is 3.80. The van der Waals surface area contributed by atoms with Gasteiger partial charge in [-0.25, -0.2) is 5.84 Å². The van der Waals surface area contributed by atoms with E-state index in [4.69, 9.17) is 10.9 Å². The van der Waals surface area contributed by atoms with Gasteiger partial charge >= 0.3 is 5.97 Å². The van der Waals surface area contributed by atoms with Gasteiger partial charge < -0.3 is 5.11 Å². The third kappa shape index (κ3) is 3.99. The summed E-state index contributed by atoms with van der Waals surface area (Å²) in [6, 6.07) is 3.31. The minimum Gasteiger partial charge on any atom is -0.481 e. The van der Waals surface area contributed by atoms with E-state index in [0.717, 1.165) is 0 Å². The minimum atomic E-state index is -0.934. The van der Waals surface area contributed by atoms with Crippen LogP contribution in [-0.4, -0.2) is 27.8 Å². The number of nitrogen functional groups attached to an aromatic ring is 1. The fourth-order valence-electron chi connectivity index (χ4n) is 1.66. The molecule has 4 N–H and O–H groups in total. The van der Waals surface area contributed by atoms with Crippen molar-refractivity contribution in [3.05, 3.63) is 42.2 Å². The number of carboxylic acids is 1. The summed E-state index contributed by atoms with van der Waals surface area (Å²) < 4.78 is 0. The van der Waals surface area contributed by atoms with Crippen LogP contribution >= 0.6 is 0 Å². The Morgan fingerprint density at radius 3 is 2.55 bits per heavy atom. The number of hydrazine groups is 1. The number of rotatable bonds is 2. The summed E-state index contributed by atoms with van der Waals surface area (Å²) in [5, 5.41) is 8.49. The Kier molecular flexibility index (Phi) is 5.55. The Morgan fingerprint density at radius 2 is 2.20 bits per heavy atom. The smallest absolute Gasteiger partial charge is 0.311 e. The molecule has 0 bridgehead atoms. The van der Waals surface area contributed by atoms with Crippen molar-refractivity contribution in [1.82, 2.24) is 10.4 Å². The number of nitrogens with two attached hydrogens (primary N) is 1. The topological polar surface area (TPSA) is 122 Å². The zero-order valence-corrected chi connectivity index (χ0v) is 10.7. The molecule has 1 unspecified atom stereocenters. The number of hydrogen-bond acceptors (Lipinski definition) is 5. The van der Waals surface area contributed by atoms with Gasteiger partial charge in [-0.05, 0) is 18.6 Å². The van der Waals surface area contributed by atoms with Gasteiger partial charge in [0.25, 0.3) is 5.91 Å². The first kappa shape index (κ1) is 15.5. The number of nitrogens with zero attached hydrogens (tertiary/aromatic N) is 1. The highest BCUT2D eigenvalue weighted by Gasteiger charge is 2.31. The second kappa shape index (κ2) is 7.15. The third-order valence-electron chi connectivity index (χ3n) is 2.79. The van der Waals surface area contributed by atoms with Crippen molar-refractivity contribution in [2.75, 3.05) is 0 Å². The van der Waals surface area contributed by atoms with E-state index in [9.17, 15) is 14.4 Å². The Labute approximate surface area is 115 Å². The molecule has 1 fully saturated rings. The first-order chi connectivity index (χ1) is 9.47. The number of hydrogen-bond donors (Lipinski definition) is 3. The van der Waals surface area contributed by atoms with E-state index in [0.29, 0.717) is 18.4 Å². The molecule has 1 aromatic rings. The molecule has 1 amide bonds. The molecule has 1 aliphatic rings. The van der Waals surface area contributed by atoms with Crippen molar-refractivity contribution in [2.24, 2.45) is 11.8 Å². The predicted octanol–water partition coefficient (Wildman–Crippen LogP) is 0.291. The van der Waals surface area contributed by atoms with Crippen LogP contribution in [0, 0.1) is 5.92 Å². The number of aliphatic carboxylic acids is 1. The highest BCUT2D eigenvalue weighted by molar-refractivity contribution is 6.02. The SMILES string of the molecule is C=C1C(=O)CCC1C(=O)O.NNC(=O)c1cccnc1. The lowest BCUT2D eigenvalue weighted by Gasteiger charge is -2.00. The molecular weight excluding hydrogens is 262 g/mol. The molecule has 1 atom stereocenters. The standard InChI is InChI=1S/C7H8O3.C6H7N3O/c1-4-5(7(9)10)2-3-6(4)8;7-9-6(10)5-2-1-3-8-4-5/h5H,1-3H2,(H,9,10);1-4H,7H2,(H,9,10). The van der Waals surface area contributed by atoms with Gasteiger partial charge in [0.1, 0.15) is 0 Å². The number of pyridine rings is 1. The van der Waals surface area contributed by atoms with E-state index >= 15 is 0 Å². The normalized spacial score (nSPS) is 17.1. The number of carbonyl (C=O) groups is 3. The van der Waals surface area contributed by atoms with Gasteiger partial charge in [-0.1, -0.05) is 6.58 Å². The number of carbonyl (C=O) groups excluding carboxylic acids is 2. The summed E-state index contributed by atoms with van der Waals surface area (Å²) in [6.45, 7) is 3.41. The zero-order valence-electron chi connectivity index (χ0n) is 10.7. The summed E-state index contributed by atoms with van der Waals surface area (Å²) in [7, 11) is 0. The number of nitrogens with one attached hydrogen (secondary N) is 1. The molecule has 7 nitrogen and oxygen atoms in total. The van der Waals surface area contributed by atoms with Crippen LogP contribution in [0.3, 0.4) is 0 Å². The van der Waals surface area contributed by atoms with Crippen LogP contribution in [0.4, 0.5) is 0 Å². The molecule has 1 aromatic heterocycles. The average molecular weight is 277 g/mol. The Morgan fingerprint density at radius 1 is 1.50 bits per heavy atom. The average Bonchev–Trinajstić information content (AvgIpc) is 2.80. The molecule has 0 saturated heterocycles. The molecule has 106 valence electrons. The number of ketones is 1. The van der Waals surface area contributed by atoms with E-state index in [2.05, 4.69) is 11.6 Å². The molecule has 0 spiro atoms. The fourth-order valence-corrected chi connectivity index (χ4v) is 1.66. The molecule has 7 heteroatoms. The molecule has 0 radical (unpaired) electrons. The Balaban J connectivity index is 0.000000200. The van der Waals surface area contributed by atoms with E-state index in [1.54, 1.807) is 18.3 Å². The predicted molar refractivity (Wildman–Crippen MR) is 70.4 cm³/mol. The van der Waals surface area contributed by atoms with Gasteiger partial charge in [-0.15, -0.1) is 0 Å². The molecule has 1 saturated carbocycles. The lowest BCUT2D eigenvalue weighted by molar-refractivity contribution is -0.140. The largest absolute Gasteiger partial charge is 0.481 e. The maximum atomic E-state index is 10.7. The van der Waals surface area contributed by atoms with E-state index in [-0.39, 0.29) is 17.3 Å². The van der Waals surface area contributed by atoms with Crippen molar-refractivity contribution in [1.29, 1.82) is 0 Å². The first-order valence-electron chi connectivity index (χ1n) is 5.83. The van der Waals surface area contributed by atoms with E-state index < -0.39 is 11.9 Å². The fraction of sp³-hybridized carbons (Fsp3) is 0.231. The van der Waals surface area contributed by atoms with Gasteiger partial charge in [-0.2, -0.15) is 0 Å². The number of Topliss-reactive ketones (excluding diaryl/α,β-unsaturated/α-hetero) is 1. The Hall–Kier alpha value is -2.54. The lowest BCUT2D eigenvalue weighted by atomic mass is 10.1. The van der Waals surface area contributed by atoms with Crippen molar-refractivity contribution < 1.29 is 19.5 Å². The molecule has 20 heavy (non-hydrogen) atoms. The highest BCUT2D eigenvalue weighted by Crippen LogP contribution is 2.26. The van der Waals surface area contributed by atoms with Crippen molar-refractivity contribution in [3.63, 3.8) is 0 Å². The van der Waals surface area contributed by atoms with Crippen LogP contribution in [0.25, 0.3) is 0 Å². The van der Waals surface area contributed by atoms with Gasteiger partial charge in [0, 0.05) is 24.4 Å². The van der Waals surface area contributed by atoms with Gasteiger partial charge in [0.15, 0.2) is 5.78 Å². The summed E-state index contributed by atoms with van der Waals surface area (Å²) in [5.74, 6) is 2.89. The monoisotopic (exact) mass is 277 g/mol. The van der Waals surface area contributed by atoms with Crippen molar-refractivity contribution in [2.45, 2.75) is 12.8 Å². The van der Waals surface area contributed by atoms with Gasteiger partial charge in [0.2, 0.25) is 0 Å². The van der Waals surface area contributed by atoms with Gasteiger partial charge in [-0.3, -0.25) is 24.8 Å². The van der Waals surface area contributed by atoms with Crippen LogP contribution in [0.5, 0.6) is 0 Å². The minimum absolute atomic E-state index is 0.104. The van der Waals surface area contributed by atoms with E-state index in [1.165, 1.54) is 6.20 Å². The highest BCUT2D eigenvalue weighted by atomic mass is 16.4. The maximum absolute atomic E-state index is 10.7. The van der Waals surface area contributed by atoms with Crippen LogP contribution in [0.15, 0.2) is 36.7 Å². The molecular formula is C13H15N3O4. The summed E-state index contributed by atoms with van der Waals surface area (Å²) in [4.78, 5) is 35.5. The lowest BCUT2D eigenvalue weighted by Crippen LogP contribution is -2.29. The van der Waals surface area contributed by atoms with Crippen LogP contribution in [-0.2, 0) is 9.59 Å². The van der Waals surface area contributed by atoms with Crippen LogP contribution in [0.1, 0.15) is 23.2 Å². The Bertz CT molecular complexity index is 528. The van der Waals surface area contributed by atoms with E-state index in [1.807, 2.05) is 5.43 Å². The summed E-state index contributed by atoms with van der Waals surface area (Å²) >= 11 is 0. The second-order valence-corrected chi connectivity index (χ2v) is 4.09. The number of amides is 1. The third-order valence-corrected chi connectivity index (χ3v) is 2.79. The van der Waals surface area contributed by atoms with Crippen molar-refractivity contribution in [3.8, 4) is 0 Å². The van der Waals surface area contributed by atoms with Gasteiger partial charge in [0.05, 0.1) is 11.5 Å². The first-order valence-corrected chi connectivity index (χ1v) is 5.83.